The molecule has 1 heteroatoms. The standard InChI is InChI=1S/C30H48O/c1-7-8-22(20(2)3)10-9-21(4)26-13-14-27-25-12-11-23-19-24(31)15-17-29(23,5)28(25)16-18-30(26,27)6/h8,11,21,24-28,31H,2,7,9-10,12-19H2,1,3-6H3/b22-8-/t21-,24+,25+,26-,27+,28+,29+,30-/m1/s1. The fourth-order valence-electron chi connectivity index (χ4n) is 8.94. The van der Waals surface area contributed by atoms with Crippen LogP contribution in [0.5, 0.6) is 0 Å². The van der Waals surface area contributed by atoms with E-state index in [1.165, 1.54) is 62.5 Å². The van der Waals surface area contributed by atoms with Gasteiger partial charge < -0.3 is 5.11 Å². The molecule has 0 radical (unpaired) electrons. The van der Waals surface area contributed by atoms with Crippen LogP contribution in [0.4, 0.5) is 0 Å². The fraction of sp³-hybridized carbons (Fsp3) is 0.800. The maximum Gasteiger partial charge on any atom is 0.0577 e. The predicted octanol–water partition coefficient (Wildman–Crippen LogP) is 8.26. The van der Waals surface area contributed by atoms with E-state index in [4.69, 9.17) is 0 Å². The van der Waals surface area contributed by atoms with Gasteiger partial charge in [-0.2, -0.15) is 0 Å². The molecule has 1 N–H and O–H groups in total. The van der Waals surface area contributed by atoms with Crippen LogP contribution in [0.1, 0.15) is 105 Å². The lowest BCUT2D eigenvalue weighted by Crippen LogP contribution is -2.50. The molecule has 4 aliphatic rings. The minimum atomic E-state index is -0.0905. The lowest BCUT2D eigenvalue weighted by Gasteiger charge is -2.58. The van der Waals surface area contributed by atoms with Crippen molar-refractivity contribution in [1.82, 2.24) is 0 Å². The summed E-state index contributed by atoms with van der Waals surface area (Å²) in [6.07, 6.45) is 18.7. The molecule has 0 saturated heterocycles. The van der Waals surface area contributed by atoms with Gasteiger partial charge in [0.15, 0.2) is 0 Å². The fourth-order valence-corrected chi connectivity index (χ4v) is 8.94. The van der Waals surface area contributed by atoms with Crippen LogP contribution < -0.4 is 0 Å². The van der Waals surface area contributed by atoms with Crippen LogP contribution in [-0.2, 0) is 0 Å². The summed E-state index contributed by atoms with van der Waals surface area (Å²) in [4.78, 5) is 0. The van der Waals surface area contributed by atoms with Crippen molar-refractivity contribution in [1.29, 1.82) is 0 Å². The van der Waals surface area contributed by atoms with Crippen LogP contribution in [0.2, 0.25) is 0 Å². The van der Waals surface area contributed by atoms with Gasteiger partial charge in [0.05, 0.1) is 6.10 Å². The third-order valence-electron chi connectivity index (χ3n) is 10.7. The van der Waals surface area contributed by atoms with Crippen LogP contribution in [-0.4, -0.2) is 11.2 Å². The van der Waals surface area contributed by atoms with E-state index in [1.807, 2.05) is 0 Å². The first-order valence-electron chi connectivity index (χ1n) is 13.4. The Balaban J connectivity index is 1.48. The summed E-state index contributed by atoms with van der Waals surface area (Å²) >= 11 is 0. The van der Waals surface area contributed by atoms with Gasteiger partial charge in [0.1, 0.15) is 0 Å². The van der Waals surface area contributed by atoms with E-state index in [1.54, 1.807) is 5.57 Å². The lowest BCUT2D eigenvalue weighted by molar-refractivity contribution is -0.0571. The van der Waals surface area contributed by atoms with E-state index in [0.29, 0.717) is 10.8 Å². The molecule has 0 spiro atoms. The molecule has 8 atom stereocenters. The molecule has 0 unspecified atom stereocenters. The topological polar surface area (TPSA) is 20.2 Å². The normalized spacial score (nSPS) is 43.5. The number of allylic oxidation sites excluding steroid dienone is 4. The summed E-state index contributed by atoms with van der Waals surface area (Å²) in [5.74, 6) is 4.34. The Morgan fingerprint density at radius 1 is 1.19 bits per heavy atom. The number of hydrogen-bond acceptors (Lipinski definition) is 1. The van der Waals surface area contributed by atoms with Gasteiger partial charge in [-0.25, -0.2) is 0 Å². The maximum atomic E-state index is 10.3. The number of rotatable bonds is 6. The summed E-state index contributed by atoms with van der Waals surface area (Å²) in [6.45, 7) is 16.4. The molecule has 31 heavy (non-hydrogen) atoms. The van der Waals surface area contributed by atoms with Gasteiger partial charge in [0.25, 0.3) is 0 Å². The number of aliphatic hydroxyl groups excluding tert-OH is 1. The van der Waals surface area contributed by atoms with Crippen LogP contribution >= 0.6 is 0 Å². The summed E-state index contributed by atoms with van der Waals surface area (Å²) in [6, 6.07) is 0. The smallest absolute Gasteiger partial charge is 0.0577 e. The highest BCUT2D eigenvalue weighted by Gasteiger charge is 2.59. The molecule has 3 fully saturated rings. The van der Waals surface area contributed by atoms with E-state index in [-0.39, 0.29) is 6.10 Å². The molecule has 0 heterocycles. The summed E-state index contributed by atoms with van der Waals surface area (Å²) < 4.78 is 0. The Kier molecular flexibility index (Phi) is 6.66. The average molecular weight is 425 g/mol. The Bertz CT molecular complexity index is 744. The van der Waals surface area contributed by atoms with Crippen molar-refractivity contribution < 1.29 is 5.11 Å². The van der Waals surface area contributed by atoms with Crippen LogP contribution in [0.15, 0.2) is 35.5 Å². The minimum absolute atomic E-state index is 0.0905. The molecule has 4 aliphatic carbocycles. The van der Waals surface area contributed by atoms with Crippen LogP contribution in [0.3, 0.4) is 0 Å². The predicted molar refractivity (Wildman–Crippen MR) is 133 cm³/mol. The van der Waals surface area contributed by atoms with Gasteiger partial charge >= 0.3 is 0 Å². The number of aliphatic hydroxyl groups is 1. The first-order valence-corrected chi connectivity index (χ1v) is 13.4. The molecule has 0 aromatic rings. The highest BCUT2D eigenvalue weighted by molar-refractivity contribution is 5.27. The van der Waals surface area contributed by atoms with Crippen molar-refractivity contribution in [2.45, 2.75) is 111 Å². The van der Waals surface area contributed by atoms with Crippen molar-refractivity contribution in [2.24, 2.45) is 40.4 Å². The van der Waals surface area contributed by atoms with E-state index in [2.05, 4.69) is 53.3 Å². The van der Waals surface area contributed by atoms with Crippen molar-refractivity contribution in [3.63, 3.8) is 0 Å². The van der Waals surface area contributed by atoms with Crippen LogP contribution in [0.25, 0.3) is 0 Å². The zero-order chi connectivity index (χ0) is 22.4. The first kappa shape index (κ1) is 23.3. The molecule has 0 aliphatic heterocycles. The third-order valence-corrected chi connectivity index (χ3v) is 10.7. The zero-order valence-corrected chi connectivity index (χ0v) is 21.1. The molecular weight excluding hydrogens is 376 g/mol. The van der Waals surface area contributed by atoms with E-state index in [0.717, 1.165) is 48.9 Å². The summed E-state index contributed by atoms with van der Waals surface area (Å²) in [7, 11) is 0. The minimum Gasteiger partial charge on any atom is -0.393 e. The summed E-state index contributed by atoms with van der Waals surface area (Å²) in [5, 5.41) is 10.3. The SMILES string of the molecule is C=C(C)/C(=C\CC)CC[C@@H](C)[C@H]1CC[C@H]2[C@@H]3CC=C4C[C@@H](O)CC[C@]4(C)[C@H]3CC[C@]12C. The van der Waals surface area contributed by atoms with Gasteiger partial charge in [-0.1, -0.05) is 57.6 Å². The second-order valence-corrected chi connectivity index (χ2v) is 12.3. The van der Waals surface area contributed by atoms with Crippen molar-refractivity contribution >= 4 is 0 Å². The molecule has 0 bridgehead atoms. The number of hydrogen-bond donors (Lipinski definition) is 1. The Morgan fingerprint density at radius 2 is 1.97 bits per heavy atom. The van der Waals surface area contributed by atoms with E-state index >= 15 is 0 Å². The molecule has 3 saturated carbocycles. The monoisotopic (exact) mass is 424 g/mol. The highest BCUT2D eigenvalue weighted by atomic mass is 16.3. The Labute approximate surface area is 192 Å². The quantitative estimate of drug-likeness (QED) is 0.336. The second kappa shape index (κ2) is 8.85. The van der Waals surface area contributed by atoms with Crippen molar-refractivity contribution in [2.75, 3.05) is 0 Å². The largest absolute Gasteiger partial charge is 0.393 e. The molecular formula is C30H48O. The highest BCUT2D eigenvalue weighted by Crippen LogP contribution is 2.67. The van der Waals surface area contributed by atoms with Gasteiger partial charge in [-0.15, -0.1) is 0 Å². The van der Waals surface area contributed by atoms with Gasteiger partial charge in [0.2, 0.25) is 0 Å². The van der Waals surface area contributed by atoms with Gasteiger partial charge in [-0.05, 0) is 124 Å². The molecule has 0 aromatic heterocycles. The number of fused-ring (bicyclic) bond motifs is 5. The van der Waals surface area contributed by atoms with Crippen molar-refractivity contribution in [3.05, 3.63) is 35.5 Å². The van der Waals surface area contributed by atoms with Crippen molar-refractivity contribution in [3.8, 4) is 0 Å². The summed E-state index contributed by atoms with van der Waals surface area (Å²) in [5.41, 5.74) is 5.27. The molecule has 1 nitrogen and oxygen atoms in total. The van der Waals surface area contributed by atoms with E-state index < -0.39 is 0 Å². The Morgan fingerprint density at radius 3 is 2.68 bits per heavy atom. The second-order valence-electron chi connectivity index (χ2n) is 12.3. The Hall–Kier alpha value is -0.820. The molecule has 0 amide bonds. The molecule has 4 rings (SSSR count). The van der Waals surface area contributed by atoms with E-state index in [9.17, 15) is 5.11 Å². The zero-order valence-electron chi connectivity index (χ0n) is 21.1. The maximum absolute atomic E-state index is 10.3. The lowest BCUT2D eigenvalue weighted by atomic mass is 9.47. The molecule has 0 aromatic carbocycles. The van der Waals surface area contributed by atoms with Gasteiger partial charge in [0, 0.05) is 0 Å². The third kappa shape index (κ3) is 4.03. The van der Waals surface area contributed by atoms with Crippen LogP contribution in [0, 0.1) is 40.4 Å². The first-order chi connectivity index (χ1) is 14.7. The average Bonchev–Trinajstić information content (AvgIpc) is 3.08. The molecule has 174 valence electrons. The van der Waals surface area contributed by atoms with Gasteiger partial charge in [-0.3, -0.25) is 0 Å².